The molecule has 21 heavy (non-hydrogen) atoms. The van der Waals surface area contributed by atoms with Gasteiger partial charge >= 0.3 is 0 Å². The molecule has 0 saturated heterocycles. The van der Waals surface area contributed by atoms with E-state index < -0.39 is 5.82 Å². The Morgan fingerprint density at radius 2 is 2.24 bits per heavy atom. The van der Waals surface area contributed by atoms with Crippen LogP contribution in [0.1, 0.15) is 30.8 Å². The highest BCUT2D eigenvalue weighted by atomic mass is 19.1. The minimum atomic E-state index is -0.449. The maximum absolute atomic E-state index is 14.1. The number of benzene rings is 1. The summed E-state index contributed by atoms with van der Waals surface area (Å²) in [7, 11) is 0. The van der Waals surface area contributed by atoms with Crippen LogP contribution < -0.4 is 5.32 Å². The van der Waals surface area contributed by atoms with E-state index in [1.807, 2.05) is 16.8 Å². The van der Waals surface area contributed by atoms with Crippen LogP contribution in [-0.4, -0.2) is 16.1 Å². The lowest BCUT2D eigenvalue weighted by Crippen LogP contribution is -2.21. The molecule has 1 heterocycles. The molecule has 0 amide bonds. The summed E-state index contributed by atoms with van der Waals surface area (Å²) < 4.78 is 16.0. The van der Waals surface area contributed by atoms with Crippen molar-refractivity contribution in [3.63, 3.8) is 0 Å². The zero-order chi connectivity index (χ0) is 15.2. The standard InChI is InChI=1S/C16H19FN4/c1-12(2)9-19-10-15-20-6-7-21(15)11-14-5-3-4-13(8-18)16(14)17/h3-7,12,19H,9-11H2,1-2H3. The molecule has 1 aromatic carbocycles. The third kappa shape index (κ3) is 3.89. The first-order valence-electron chi connectivity index (χ1n) is 7.00. The normalized spacial score (nSPS) is 10.8. The zero-order valence-electron chi connectivity index (χ0n) is 12.3. The molecule has 2 rings (SSSR count). The molecule has 0 spiro atoms. The van der Waals surface area contributed by atoms with E-state index in [4.69, 9.17) is 5.26 Å². The molecule has 1 aromatic heterocycles. The molecular formula is C16H19FN4. The summed E-state index contributed by atoms with van der Waals surface area (Å²) in [5, 5.41) is 12.2. The quantitative estimate of drug-likeness (QED) is 0.888. The summed E-state index contributed by atoms with van der Waals surface area (Å²) in [4.78, 5) is 4.29. The molecular weight excluding hydrogens is 267 g/mol. The summed E-state index contributed by atoms with van der Waals surface area (Å²) in [5.74, 6) is 0.977. The van der Waals surface area contributed by atoms with Gasteiger partial charge in [0.15, 0.2) is 0 Å². The van der Waals surface area contributed by atoms with E-state index in [2.05, 4.69) is 24.1 Å². The predicted octanol–water partition coefficient (Wildman–Crippen LogP) is 2.69. The molecule has 0 aliphatic carbocycles. The Kier molecular flexibility index (Phi) is 5.07. The van der Waals surface area contributed by atoms with Crippen LogP contribution in [0, 0.1) is 23.1 Å². The topological polar surface area (TPSA) is 53.6 Å². The van der Waals surface area contributed by atoms with Gasteiger partial charge in [-0.1, -0.05) is 26.0 Å². The molecule has 4 nitrogen and oxygen atoms in total. The van der Waals surface area contributed by atoms with E-state index >= 15 is 0 Å². The third-order valence-corrected chi connectivity index (χ3v) is 3.18. The number of halogens is 1. The molecule has 0 unspecified atom stereocenters. The van der Waals surface area contributed by atoms with Gasteiger partial charge in [-0.2, -0.15) is 5.26 Å². The highest BCUT2D eigenvalue weighted by molar-refractivity contribution is 5.35. The first kappa shape index (κ1) is 15.2. The van der Waals surface area contributed by atoms with Crippen molar-refractivity contribution in [3.8, 4) is 6.07 Å². The van der Waals surface area contributed by atoms with Crippen LogP contribution in [0.5, 0.6) is 0 Å². The van der Waals surface area contributed by atoms with E-state index in [-0.39, 0.29) is 5.56 Å². The Balaban J connectivity index is 2.11. The second-order valence-corrected chi connectivity index (χ2v) is 5.39. The highest BCUT2D eigenvalue weighted by Gasteiger charge is 2.10. The fraction of sp³-hybridized carbons (Fsp3) is 0.375. The van der Waals surface area contributed by atoms with Crippen molar-refractivity contribution in [2.24, 2.45) is 5.92 Å². The highest BCUT2D eigenvalue weighted by Crippen LogP contribution is 2.14. The van der Waals surface area contributed by atoms with Gasteiger partial charge in [-0.25, -0.2) is 9.37 Å². The molecule has 5 heteroatoms. The van der Waals surface area contributed by atoms with Crippen molar-refractivity contribution >= 4 is 0 Å². The second kappa shape index (κ2) is 7.00. The molecule has 110 valence electrons. The van der Waals surface area contributed by atoms with Gasteiger partial charge in [-0.05, 0) is 18.5 Å². The summed E-state index contributed by atoms with van der Waals surface area (Å²) in [6.07, 6.45) is 3.53. The maximum Gasteiger partial charge on any atom is 0.145 e. The fourth-order valence-electron chi connectivity index (χ4n) is 2.10. The van der Waals surface area contributed by atoms with Crippen LogP contribution in [-0.2, 0) is 13.1 Å². The largest absolute Gasteiger partial charge is 0.329 e. The average molecular weight is 286 g/mol. The van der Waals surface area contributed by atoms with E-state index in [1.165, 1.54) is 6.07 Å². The predicted molar refractivity (Wildman–Crippen MR) is 79.0 cm³/mol. The van der Waals surface area contributed by atoms with Crippen molar-refractivity contribution in [1.82, 2.24) is 14.9 Å². The smallest absolute Gasteiger partial charge is 0.145 e. The summed E-state index contributed by atoms with van der Waals surface area (Å²) >= 11 is 0. The Morgan fingerprint density at radius 1 is 1.43 bits per heavy atom. The number of hydrogen-bond acceptors (Lipinski definition) is 3. The lowest BCUT2D eigenvalue weighted by atomic mass is 10.1. The molecule has 0 radical (unpaired) electrons. The van der Waals surface area contributed by atoms with Crippen molar-refractivity contribution in [3.05, 3.63) is 53.4 Å². The van der Waals surface area contributed by atoms with Gasteiger partial charge < -0.3 is 9.88 Å². The summed E-state index contributed by atoms with van der Waals surface area (Å²) in [6, 6.07) is 6.74. The number of nitrogens with zero attached hydrogens (tertiary/aromatic N) is 3. The lowest BCUT2D eigenvalue weighted by molar-refractivity contribution is 0.529. The van der Waals surface area contributed by atoms with E-state index in [1.54, 1.807) is 18.3 Å². The number of aromatic nitrogens is 2. The maximum atomic E-state index is 14.1. The Morgan fingerprint density at radius 3 is 2.95 bits per heavy atom. The molecule has 0 fully saturated rings. The minimum Gasteiger partial charge on any atom is -0.329 e. The van der Waals surface area contributed by atoms with Crippen molar-refractivity contribution < 1.29 is 4.39 Å². The Labute approximate surface area is 124 Å². The van der Waals surface area contributed by atoms with Gasteiger partial charge in [0.25, 0.3) is 0 Å². The molecule has 1 N–H and O–H groups in total. The molecule has 0 aliphatic rings. The SMILES string of the molecule is CC(C)CNCc1nccn1Cc1cccc(C#N)c1F. The Bertz CT molecular complexity index is 640. The molecule has 0 atom stereocenters. The number of hydrogen-bond donors (Lipinski definition) is 1. The van der Waals surface area contributed by atoms with Gasteiger partial charge in [0.1, 0.15) is 17.7 Å². The van der Waals surface area contributed by atoms with Gasteiger partial charge in [-0.3, -0.25) is 0 Å². The minimum absolute atomic E-state index is 0.0760. The zero-order valence-corrected chi connectivity index (χ0v) is 12.3. The number of nitriles is 1. The van der Waals surface area contributed by atoms with Crippen molar-refractivity contribution in [1.29, 1.82) is 5.26 Å². The van der Waals surface area contributed by atoms with E-state index in [9.17, 15) is 4.39 Å². The summed E-state index contributed by atoms with van der Waals surface area (Å²) in [6.45, 7) is 6.21. The first-order chi connectivity index (χ1) is 10.1. The van der Waals surface area contributed by atoms with Crippen LogP contribution in [0.3, 0.4) is 0 Å². The second-order valence-electron chi connectivity index (χ2n) is 5.39. The fourth-order valence-corrected chi connectivity index (χ4v) is 2.10. The monoisotopic (exact) mass is 286 g/mol. The molecule has 0 bridgehead atoms. The van der Waals surface area contributed by atoms with Gasteiger partial charge in [0.05, 0.1) is 18.7 Å². The number of rotatable bonds is 6. The van der Waals surface area contributed by atoms with E-state index in [0.717, 1.165) is 12.4 Å². The average Bonchev–Trinajstić information content (AvgIpc) is 2.88. The van der Waals surface area contributed by atoms with Gasteiger partial charge in [0, 0.05) is 18.0 Å². The molecule has 0 saturated carbocycles. The van der Waals surface area contributed by atoms with Crippen LogP contribution in [0.2, 0.25) is 0 Å². The van der Waals surface area contributed by atoms with Crippen LogP contribution >= 0.6 is 0 Å². The lowest BCUT2D eigenvalue weighted by Gasteiger charge is -2.11. The van der Waals surface area contributed by atoms with E-state index in [0.29, 0.717) is 24.6 Å². The Hall–Kier alpha value is -2.19. The van der Waals surface area contributed by atoms with Crippen LogP contribution in [0.4, 0.5) is 4.39 Å². The van der Waals surface area contributed by atoms with Crippen molar-refractivity contribution in [2.75, 3.05) is 6.54 Å². The molecule has 0 aliphatic heterocycles. The van der Waals surface area contributed by atoms with Gasteiger partial charge in [0.2, 0.25) is 0 Å². The van der Waals surface area contributed by atoms with Crippen LogP contribution in [0.15, 0.2) is 30.6 Å². The molecule has 2 aromatic rings. The third-order valence-electron chi connectivity index (χ3n) is 3.18. The summed E-state index contributed by atoms with van der Waals surface area (Å²) in [5.41, 5.74) is 0.573. The van der Waals surface area contributed by atoms with Crippen molar-refractivity contribution in [2.45, 2.75) is 26.9 Å². The van der Waals surface area contributed by atoms with Crippen LogP contribution in [0.25, 0.3) is 0 Å². The number of nitrogens with one attached hydrogen (secondary N) is 1. The number of imidazole rings is 1. The first-order valence-corrected chi connectivity index (χ1v) is 7.00. The van der Waals surface area contributed by atoms with Gasteiger partial charge in [-0.15, -0.1) is 0 Å².